The van der Waals surface area contributed by atoms with Crippen molar-refractivity contribution in [2.24, 2.45) is 5.10 Å². The normalized spacial score (nSPS) is 10.9. The van der Waals surface area contributed by atoms with E-state index in [0.717, 1.165) is 18.2 Å². The van der Waals surface area contributed by atoms with Crippen molar-refractivity contribution in [2.45, 2.75) is 0 Å². The monoisotopic (exact) mass is 356 g/mol. The Morgan fingerprint density at radius 2 is 1.81 bits per heavy atom. The van der Waals surface area contributed by atoms with Gasteiger partial charge in [0, 0.05) is 17.7 Å². The summed E-state index contributed by atoms with van der Waals surface area (Å²) in [6.07, 6.45) is 1.27. The summed E-state index contributed by atoms with van der Waals surface area (Å²) in [5.74, 6) is -0.849. The van der Waals surface area contributed by atoms with Crippen LogP contribution >= 0.6 is 0 Å². The molecule has 3 rings (SSSR count). The molecule has 1 heterocycles. The molecule has 0 saturated heterocycles. The van der Waals surface area contributed by atoms with Crippen molar-refractivity contribution in [3.05, 3.63) is 67.8 Å². The van der Waals surface area contributed by atoms with E-state index in [-0.39, 0.29) is 5.56 Å². The zero-order chi connectivity index (χ0) is 18.7. The molecule has 3 aromatic rings. The summed E-state index contributed by atoms with van der Waals surface area (Å²) in [6.45, 7) is 0. The molecule has 1 aromatic heterocycles. The van der Waals surface area contributed by atoms with Crippen LogP contribution in [0.15, 0.2) is 46.1 Å². The molecule has 0 atom stereocenters. The summed E-state index contributed by atoms with van der Waals surface area (Å²) in [7, 11) is 0. The van der Waals surface area contributed by atoms with Crippen molar-refractivity contribution < 1.29 is 19.3 Å². The Balaban J connectivity index is 1.83. The lowest BCUT2D eigenvalue weighted by molar-refractivity contribution is -0.394. The van der Waals surface area contributed by atoms with Crippen molar-refractivity contribution in [1.29, 1.82) is 0 Å². The third-order valence-corrected chi connectivity index (χ3v) is 3.27. The van der Waals surface area contributed by atoms with Crippen LogP contribution < -0.4 is 5.43 Å². The standard InChI is InChI=1S/C14H8N6O6/c21-14(9-4-10(19(22)23)6-11(5-9)20(24)25)16-15-7-8-2-1-3-12-13(8)18-26-17-12/h1-7H,(H,16,21)/b15-7+. The van der Waals surface area contributed by atoms with Crippen LogP contribution in [0.4, 0.5) is 11.4 Å². The van der Waals surface area contributed by atoms with Gasteiger partial charge in [-0.1, -0.05) is 12.1 Å². The molecular formula is C14H8N6O6. The summed E-state index contributed by atoms with van der Waals surface area (Å²) in [5, 5.41) is 32.8. The highest BCUT2D eigenvalue weighted by Crippen LogP contribution is 2.22. The third kappa shape index (κ3) is 3.33. The summed E-state index contributed by atoms with van der Waals surface area (Å²) in [6, 6.07) is 7.60. The van der Waals surface area contributed by atoms with Gasteiger partial charge in [0.15, 0.2) is 0 Å². The molecule has 0 bridgehead atoms. The summed E-state index contributed by atoms with van der Waals surface area (Å²) in [4.78, 5) is 32.1. The second-order valence-electron chi connectivity index (χ2n) is 4.93. The van der Waals surface area contributed by atoms with E-state index in [9.17, 15) is 25.0 Å². The average molecular weight is 356 g/mol. The molecule has 1 N–H and O–H groups in total. The Morgan fingerprint density at radius 1 is 1.12 bits per heavy atom. The molecule has 12 nitrogen and oxygen atoms in total. The van der Waals surface area contributed by atoms with E-state index in [2.05, 4.69) is 25.5 Å². The molecule has 0 unspecified atom stereocenters. The molecule has 0 radical (unpaired) electrons. The number of nitrogens with one attached hydrogen (secondary N) is 1. The molecule has 0 aliphatic heterocycles. The van der Waals surface area contributed by atoms with E-state index in [4.69, 9.17) is 0 Å². The largest absolute Gasteiger partial charge is 0.277 e. The van der Waals surface area contributed by atoms with Gasteiger partial charge in [-0.05, 0) is 16.4 Å². The van der Waals surface area contributed by atoms with Gasteiger partial charge in [-0.2, -0.15) is 5.10 Å². The molecule has 130 valence electrons. The van der Waals surface area contributed by atoms with Crippen molar-refractivity contribution in [2.75, 3.05) is 0 Å². The first-order chi connectivity index (χ1) is 12.5. The van der Waals surface area contributed by atoms with E-state index in [1.54, 1.807) is 18.2 Å². The Morgan fingerprint density at radius 3 is 2.46 bits per heavy atom. The van der Waals surface area contributed by atoms with Gasteiger partial charge in [-0.3, -0.25) is 25.0 Å². The molecule has 0 fully saturated rings. The van der Waals surface area contributed by atoms with Gasteiger partial charge in [0.1, 0.15) is 11.0 Å². The number of carbonyl (C=O) groups excluding carboxylic acids is 1. The summed E-state index contributed by atoms with van der Waals surface area (Å²) < 4.78 is 4.60. The maximum Gasteiger partial charge on any atom is 0.277 e. The zero-order valence-electron chi connectivity index (χ0n) is 12.7. The molecule has 0 aliphatic rings. The smallest absolute Gasteiger partial charge is 0.267 e. The van der Waals surface area contributed by atoms with Gasteiger partial charge in [0.25, 0.3) is 17.3 Å². The number of carbonyl (C=O) groups is 1. The maximum absolute atomic E-state index is 12.1. The number of hydrogen-bond donors (Lipinski definition) is 1. The topological polar surface area (TPSA) is 167 Å². The fraction of sp³-hybridized carbons (Fsp3) is 0. The van der Waals surface area contributed by atoms with E-state index in [1.807, 2.05) is 0 Å². The van der Waals surface area contributed by atoms with Crippen LogP contribution in [0.1, 0.15) is 15.9 Å². The Bertz CT molecular complexity index is 1030. The van der Waals surface area contributed by atoms with E-state index in [0.29, 0.717) is 16.6 Å². The number of benzene rings is 2. The van der Waals surface area contributed by atoms with Crippen LogP contribution in [0.5, 0.6) is 0 Å². The second kappa shape index (κ2) is 6.72. The molecule has 2 aromatic carbocycles. The first-order valence-corrected chi connectivity index (χ1v) is 6.94. The van der Waals surface area contributed by atoms with Crippen molar-refractivity contribution in [1.82, 2.24) is 15.7 Å². The van der Waals surface area contributed by atoms with Gasteiger partial charge in [-0.25, -0.2) is 10.1 Å². The second-order valence-corrected chi connectivity index (χ2v) is 4.93. The van der Waals surface area contributed by atoms with Crippen LogP contribution in [-0.2, 0) is 0 Å². The lowest BCUT2D eigenvalue weighted by Gasteiger charge is -2.01. The average Bonchev–Trinajstić information content (AvgIpc) is 3.10. The minimum atomic E-state index is -0.849. The fourth-order valence-electron chi connectivity index (χ4n) is 2.09. The molecule has 0 spiro atoms. The summed E-state index contributed by atoms with van der Waals surface area (Å²) in [5.41, 5.74) is 2.15. The highest BCUT2D eigenvalue weighted by molar-refractivity contribution is 5.98. The highest BCUT2D eigenvalue weighted by Gasteiger charge is 2.19. The fourth-order valence-corrected chi connectivity index (χ4v) is 2.09. The van der Waals surface area contributed by atoms with Crippen molar-refractivity contribution in [3.8, 4) is 0 Å². The zero-order valence-corrected chi connectivity index (χ0v) is 12.7. The van der Waals surface area contributed by atoms with Gasteiger partial charge < -0.3 is 0 Å². The van der Waals surface area contributed by atoms with E-state index >= 15 is 0 Å². The minimum Gasteiger partial charge on any atom is -0.267 e. The van der Waals surface area contributed by atoms with Crippen molar-refractivity contribution >= 4 is 34.5 Å². The molecule has 26 heavy (non-hydrogen) atoms. The van der Waals surface area contributed by atoms with Gasteiger partial charge in [0.2, 0.25) is 0 Å². The number of aromatic nitrogens is 2. The SMILES string of the molecule is O=C(N/N=C/c1cccc2nonc12)c1cc([N+](=O)[O-])cc([N+](=O)[O-])c1. The third-order valence-electron chi connectivity index (χ3n) is 3.27. The number of nitro benzene ring substituents is 2. The van der Waals surface area contributed by atoms with Crippen molar-refractivity contribution in [3.63, 3.8) is 0 Å². The molecule has 0 aliphatic carbocycles. The Labute approximate surface area is 143 Å². The first-order valence-electron chi connectivity index (χ1n) is 6.94. The maximum atomic E-state index is 12.1. The molecule has 1 amide bonds. The molecular weight excluding hydrogens is 348 g/mol. The van der Waals surface area contributed by atoms with Crippen LogP contribution in [-0.4, -0.2) is 32.3 Å². The number of hydrogen-bond acceptors (Lipinski definition) is 9. The summed E-state index contributed by atoms with van der Waals surface area (Å²) >= 11 is 0. The Hall–Kier alpha value is -4.22. The lowest BCUT2D eigenvalue weighted by Crippen LogP contribution is -2.18. The van der Waals surface area contributed by atoms with E-state index in [1.165, 1.54) is 6.21 Å². The van der Waals surface area contributed by atoms with Crippen LogP contribution in [0.2, 0.25) is 0 Å². The number of rotatable bonds is 5. The number of fused-ring (bicyclic) bond motifs is 1. The number of non-ortho nitro benzene ring substituents is 2. The highest BCUT2D eigenvalue weighted by atomic mass is 16.6. The van der Waals surface area contributed by atoms with E-state index < -0.39 is 27.1 Å². The van der Waals surface area contributed by atoms with Crippen LogP contribution in [0, 0.1) is 20.2 Å². The number of nitro groups is 2. The minimum absolute atomic E-state index is 0.274. The molecule has 0 saturated carbocycles. The lowest BCUT2D eigenvalue weighted by atomic mass is 10.1. The van der Waals surface area contributed by atoms with Crippen LogP contribution in [0.3, 0.4) is 0 Å². The van der Waals surface area contributed by atoms with Gasteiger partial charge in [0.05, 0.1) is 27.7 Å². The molecule has 12 heteroatoms. The Kier molecular flexibility index (Phi) is 4.30. The first kappa shape index (κ1) is 16.6. The predicted molar refractivity (Wildman–Crippen MR) is 86.6 cm³/mol. The quantitative estimate of drug-likeness (QED) is 0.410. The van der Waals surface area contributed by atoms with Crippen LogP contribution in [0.25, 0.3) is 11.0 Å². The predicted octanol–water partition coefficient (Wildman–Crippen LogP) is 1.80. The number of hydrazone groups is 1. The van der Waals surface area contributed by atoms with Gasteiger partial charge >= 0.3 is 0 Å². The number of nitrogens with zero attached hydrogens (tertiary/aromatic N) is 5. The number of amides is 1. The van der Waals surface area contributed by atoms with Gasteiger partial charge in [-0.15, -0.1) is 0 Å².